The summed E-state index contributed by atoms with van der Waals surface area (Å²) in [6, 6.07) is 0. The fourth-order valence-electron chi connectivity index (χ4n) is 0. The highest BCUT2D eigenvalue weighted by Crippen LogP contribution is 1.88. The van der Waals surface area contributed by atoms with Crippen molar-refractivity contribution in [1.29, 1.82) is 0 Å². The molecule has 0 spiro atoms. The van der Waals surface area contributed by atoms with Gasteiger partial charge < -0.3 is 4.74 Å². The van der Waals surface area contributed by atoms with Crippen LogP contribution in [0.4, 0.5) is 8.78 Å². The molecular formula is C2H2F2O. The van der Waals surface area contributed by atoms with Gasteiger partial charge in [-0.25, -0.2) is 0 Å². The minimum atomic E-state index is -2.84. The van der Waals surface area contributed by atoms with Gasteiger partial charge in [-0.05, 0) is 0 Å². The molecule has 5 heavy (non-hydrogen) atoms. The van der Waals surface area contributed by atoms with Gasteiger partial charge in [-0.1, -0.05) is 0 Å². The van der Waals surface area contributed by atoms with E-state index in [9.17, 15) is 8.78 Å². The lowest BCUT2D eigenvalue weighted by molar-refractivity contribution is -0.0865. The Balaban J connectivity index is 2.54. The van der Waals surface area contributed by atoms with E-state index in [0.29, 0.717) is 0 Å². The predicted molar refractivity (Wildman–Crippen MR) is 11.4 cm³/mol. The van der Waals surface area contributed by atoms with Crippen LogP contribution in [0.2, 0.25) is 0 Å². The summed E-state index contributed by atoms with van der Waals surface area (Å²) in [5, 5.41) is 0. The number of ether oxygens (including phenoxy) is 1. The molecule has 0 heterocycles. The van der Waals surface area contributed by atoms with E-state index >= 15 is 0 Å². The highest BCUT2D eigenvalue weighted by Gasteiger charge is 1.91. The molecule has 3 heteroatoms. The van der Waals surface area contributed by atoms with Crippen molar-refractivity contribution in [2.45, 2.75) is 6.61 Å². The number of hydrogen-bond acceptors (Lipinski definition) is 1. The van der Waals surface area contributed by atoms with E-state index < -0.39 is 6.61 Å². The molecule has 0 aromatic carbocycles. The number of halogens is 2. The molecule has 0 atom stereocenters. The van der Waals surface area contributed by atoms with Crippen LogP contribution in [0, 0.1) is 7.11 Å². The van der Waals surface area contributed by atoms with Crippen molar-refractivity contribution >= 4 is 0 Å². The summed E-state index contributed by atoms with van der Waals surface area (Å²) in [4.78, 5) is 0. The summed E-state index contributed by atoms with van der Waals surface area (Å²) < 4.78 is 23.8. The first-order valence-corrected chi connectivity index (χ1v) is 0.908. The Kier molecular flexibility index (Phi) is 2.01. The largest absolute Gasteiger partial charge is 0.345 e. The quantitative estimate of drug-likeness (QED) is 0.454. The summed E-state index contributed by atoms with van der Waals surface area (Å²) >= 11 is 0. The van der Waals surface area contributed by atoms with Crippen molar-refractivity contribution in [1.82, 2.24) is 0 Å². The Morgan fingerprint density at radius 1 is 1.60 bits per heavy atom. The normalized spacial score (nSPS) is 9.60. The average molecular weight is 80.0 g/mol. The molecule has 0 amide bonds. The van der Waals surface area contributed by atoms with E-state index in [0.717, 1.165) is 0 Å². The third kappa shape index (κ3) is 3.82. The molecule has 0 rings (SSSR count). The highest BCUT2D eigenvalue weighted by atomic mass is 19.3. The third-order valence-corrected chi connectivity index (χ3v) is 0.103. The molecule has 0 saturated heterocycles. The fraction of sp³-hybridized carbons (Fsp3) is 0.500. The summed E-state index contributed by atoms with van der Waals surface area (Å²) in [5.41, 5.74) is 0. The van der Waals surface area contributed by atoms with Gasteiger partial charge in [0.15, 0.2) is 0 Å². The van der Waals surface area contributed by atoms with Gasteiger partial charge in [0, 0.05) is 0 Å². The Hall–Kier alpha value is -0.180. The van der Waals surface area contributed by atoms with E-state index in [1.165, 1.54) is 0 Å². The molecule has 0 aromatic rings. The van der Waals surface area contributed by atoms with Gasteiger partial charge >= 0.3 is 6.61 Å². The van der Waals surface area contributed by atoms with Gasteiger partial charge in [-0.3, -0.25) is 0 Å². The monoisotopic (exact) mass is 80.0 g/mol. The second kappa shape index (κ2) is 2.08. The Bertz CT molecular complexity index is 21.6. The van der Waals surface area contributed by atoms with Gasteiger partial charge in [-0.2, -0.15) is 8.78 Å². The molecule has 0 bridgehead atoms. The first-order chi connectivity index (χ1) is 2.27. The van der Waals surface area contributed by atoms with Crippen LogP contribution in [0.25, 0.3) is 0 Å². The third-order valence-electron chi connectivity index (χ3n) is 0.103. The van der Waals surface area contributed by atoms with Gasteiger partial charge in [0.25, 0.3) is 0 Å². The standard InChI is InChI=1S/C2H2F2O/c1-5-2(3)4/h1-2H. The first kappa shape index (κ1) is 4.82. The van der Waals surface area contributed by atoms with E-state index in [4.69, 9.17) is 0 Å². The number of alkyl halides is 2. The van der Waals surface area contributed by atoms with E-state index in [1.54, 1.807) is 0 Å². The van der Waals surface area contributed by atoms with E-state index in [2.05, 4.69) is 11.8 Å². The average Bonchev–Trinajstić information content (AvgIpc) is 1.38. The van der Waals surface area contributed by atoms with Crippen LogP contribution in [0.5, 0.6) is 0 Å². The summed E-state index contributed by atoms with van der Waals surface area (Å²) in [7, 11) is 3.92. The lowest BCUT2D eigenvalue weighted by Gasteiger charge is -1.84. The summed E-state index contributed by atoms with van der Waals surface area (Å²) in [6.45, 7) is -2.84. The molecule has 1 nitrogen and oxygen atoms in total. The van der Waals surface area contributed by atoms with E-state index in [1.807, 2.05) is 0 Å². The molecule has 0 aliphatic heterocycles. The van der Waals surface area contributed by atoms with Crippen LogP contribution in [0.3, 0.4) is 0 Å². The lowest BCUT2D eigenvalue weighted by Crippen LogP contribution is -1.86. The molecular weight excluding hydrogens is 78.0 g/mol. The molecule has 0 aromatic heterocycles. The van der Waals surface area contributed by atoms with E-state index in [-0.39, 0.29) is 0 Å². The molecule has 0 unspecified atom stereocenters. The Morgan fingerprint density at radius 3 is 1.80 bits per heavy atom. The fourth-order valence-corrected chi connectivity index (χ4v) is 0. The van der Waals surface area contributed by atoms with Crippen LogP contribution < -0.4 is 0 Å². The molecule has 0 N–H and O–H groups in total. The first-order valence-electron chi connectivity index (χ1n) is 0.908. The zero-order chi connectivity index (χ0) is 4.28. The van der Waals surface area contributed by atoms with Crippen LogP contribution in [0.15, 0.2) is 0 Å². The van der Waals surface area contributed by atoms with Gasteiger partial charge in [0.1, 0.15) is 7.11 Å². The van der Waals surface area contributed by atoms with Crippen molar-refractivity contribution in [3.05, 3.63) is 7.11 Å². The smallest absolute Gasteiger partial charge is 0.314 e. The van der Waals surface area contributed by atoms with Gasteiger partial charge in [0.05, 0.1) is 0 Å². The molecule has 0 aliphatic rings. The summed E-state index contributed by atoms with van der Waals surface area (Å²) in [5.74, 6) is 0. The van der Waals surface area contributed by atoms with Crippen LogP contribution in [-0.4, -0.2) is 6.61 Å². The molecule has 0 aliphatic carbocycles. The SMILES string of the molecule is [CH]OC(F)F. The van der Waals surface area contributed by atoms with Crippen LogP contribution in [-0.2, 0) is 4.74 Å². The second-order valence-corrected chi connectivity index (χ2v) is 0.397. The minimum absolute atomic E-state index is 2.84. The van der Waals surface area contributed by atoms with Gasteiger partial charge in [0.2, 0.25) is 0 Å². The van der Waals surface area contributed by atoms with Crippen LogP contribution in [0.1, 0.15) is 0 Å². The Morgan fingerprint density at radius 2 is 1.80 bits per heavy atom. The topological polar surface area (TPSA) is 9.23 Å². The molecule has 30 valence electrons. The summed E-state index contributed by atoms with van der Waals surface area (Å²) in [6.07, 6.45) is 0. The van der Waals surface area contributed by atoms with Crippen LogP contribution >= 0.6 is 0 Å². The van der Waals surface area contributed by atoms with Gasteiger partial charge in [-0.15, -0.1) is 0 Å². The molecule has 0 fully saturated rings. The zero-order valence-electron chi connectivity index (χ0n) is 2.32. The van der Waals surface area contributed by atoms with Crippen molar-refractivity contribution in [2.75, 3.05) is 0 Å². The predicted octanol–water partition coefficient (Wildman–Crippen LogP) is 0.894. The minimum Gasteiger partial charge on any atom is -0.314 e. The zero-order valence-corrected chi connectivity index (χ0v) is 2.32. The number of hydrogen-bond donors (Lipinski definition) is 0. The van der Waals surface area contributed by atoms with Crippen molar-refractivity contribution in [3.63, 3.8) is 0 Å². The maximum atomic E-state index is 10.4. The maximum Gasteiger partial charge on any atom is 0.345 e. The van der Waals surface area contributed by atoms with Crippen molar-refractivity contribution < 1.29 is 13.5 Å². The lowest BCUT2D eigenvalue weighted by atomic mass is 11.4. The highest BCUT2D eigenvalue weighted by molar-refractivity contribution is 4.02. The second-order valence-electron chi connectivity index (χ2n) is 0.397. The molecule has 0 saturated carbocycles. The van der Waals surface area contributed by atoms with Crippen molar-refractivity contribution in [2.24, 2.45) is 0 Å². The van der Waals surface area contributed by atoms with Crippen molar-refractivity contribution in [3.8, 4) is 0 Å². The molecule has 2 radical (unpaired) electrons. The Labute approximate surface area is 28.5 Å². The number of rotatable bonds is 1. The maximum absolute atomic E-state index is 10.4.